The molecule has 0 aliphatic heterocycles. The Balaban J connectivity index is 3.63. The van der Waals surface area contributed by atoms with E-state index in [-0.39, 0.29) is 11.9 Å². The number of nitrogens with one attached hydrogen (secondary N) is 1. The molecule has 0 aliphatic rings. The van der Waals surface area contributed by atoms with Crippen LogP contribution in [0.2, 0.25) is 0 Å². The van der Waals surface area contributed by atoms with Crippen LogP contribution in [-0.2, 0) is 4.79 Å². The van der Waals surface area contributed by atoms with Crippen LogP contribution >= 0.6 is 0 Å². The van der Waals surface area contributed by atoms with Gasteiger partial charge in [-0.15, -0.1) is 0 Å². The zero-order chi connectivity index (χ0) is 16.1. The first-order valence-electron chi connectivity index (χ1n) is 9.07. The summed E-state index contributed by atoms with van der Waals surface area (Å²) in [5, 5.41) is 1.80. The van der Waals surface area contributed by atoms with Crippen LogP contribution in [0.5, 0.6) is 0 Å². The van der Waals surface area contributed by atoms with Crippen molar-refractivity contribution >= 4 is 5.91 Å². The number of carbonyl (C=O) groups is 1. The highest BCUT2D eigenvalue weighted by molar-refractivity contribution is 5.75. The van der Waals surface area contributed by atoms with Gasteiger partial charge in [-0.05, 0) is 34.1 Å². The summed E-state index contributed by atoms with van der Waals surface area (Å²) >= 11 is 0. The van der Waals surface area contributed by atoms with Gasteiger partial charge in [-0.1, -0.05) is 58.3 Å². The van der Waals surface area contributed by atoms with E-state index >= 15 is 0 Å². The molecule has 0 aliphatic carbocycles. The number of hydrazine groups is 1. The third kappa shape index (κ3) is 11.7. The van der Waals surface area contributed by atoms with E-state index in [4.69, 9.17) is 0 Å². The van der Waals surface area contributed by atoms with Crippen LogP contribution < -0.4 is 5.43 Å². The molecular weight excluding hydrogens is 260 g/mol. The van der Waals surface area contributed by atoms with Crippen molar-refractivity contribution in [2.45, 2.75) is 111 Å². The second-order valence-electron chi connectivity index (χ2n) is 6.72. The maximum absolute atomic E-state index is 12.2. The summed E-state index contributed by atoms with van der Waals surface area (Å²) in [6.45, 7) is 10.5. The molecule has 126 valence electrons. The van der Waals surface area contributed by atoms with Crippen LogP contribution in [0.4, 0.5) is 0 Å². The highest BCUT2D eigenvalue weighted by atomic mass is 16.2. The third-order valence-electron chi connectivity index (χ3n) is 3.68. The quantitative estimate of drug-likeness (QED) is 0.381. The Morgan fingerprint density at radius 1 is 0.857 bits per heavy atom. The molecular formula is C18H38N2O. The van der Waals surface area contributed by atoms with Crippen LogP contribution in [0.3, 0.4) is 0 Å². The number of amides is 1. The molecule has 0 fully saturated rings. The highest BCUT2D eigenvalue weighted by Gasteiger charge is 2.16. The van der Waals surface area contributed by atoms with E-state index in [1.165, 1.54) is 51.4 Å². The first-order chi connectivity index (χ1) is 9.99. The standard InChI is InChI=1S/C18H38N2O/c1-6-7-8-9-10-11-12-13-14-15-18(21)20(17(4)5)19-16(2)3/h16-17,19H,6-15H2,1-5H3. The zero-order valence-corrected chi connectivity index (χ0v) is 15.1. The lowest BCUT2D eigenvalue weighted by Crippen LogP contribution is -2.50. The van der Waals surface area contributed by atoms with Crippen LogP contribution in [0.1, 0.15) is 98.8 Å². The monoisotopic (exact) mass is 298 g/mol. The van der Waals surface area contributed by atoms with Crippen molar-refractivity contribution in [3.63, 3.8) is 0 Å². The van der Waals surface area contributed by atoms with Crippen molar-refractivity contribution in [3.05, 3.63) is 0 Å². The van der Waals surface area contributed by atoms with Crippen LogP contribution in [0.25, 0.3) is 0 Å². The summed E-state index contributed by atoms with van der Waals surface area (Å²) in [6, 6.07) is 0.526. The van der Waals surface area contributed by atoms with Gasteiger partial charge in [0.2, 0.25) is 5.91 Å². The molecule has 0 heterocycles. The summed E-state index contributed by atoms with van der Waals surface area (Å²) in [4.78, 5) is 12.2. The van der Waals surface area contributed by atoms with Gasteiger partial charge in [0, 0.05) is 18.5 Å². The van der Waals surface area contributed by atoms with E-state index in [1.54, 1.807) is 5.01 Å². The van der Waals surface area contributed by atoms with Crippen molar-refractivity contribution in [2.24, 2.45) is 0 Å². The normalized spacial score (nSPS) is 11.4. The third-order valence-corrected chi connectivity index (χ3v) is 3.68. The van der Waals surface area contributed by atoms with Gasteiger partial charge in [0.25, 0.3) is 0 Å². The smallest absolute Gasteiger partial charge is 0.236 e. The lowest BCUT2D eigenvalue weighted by atomic mass is 10.1. The van der Waals surface area contributed by atoms with Crippen molar-refractivity contribution in [3.8, 4) is 0 Å². The Kier molecular flexibility index (Phi) is 12.8. The molecule has 0 atom stereocenters. The van der Waals surface area contributed by atoms with Gasteiger partial charge in [0.1, 0.15) is 0 Å². The molecule has 0 rings (SSSR count). The Morgan fingerprint density at radius 3 is 1.76 bits per heavy atom. The van der Waals surface area contributed by atoms with E-state index < -0.39 is 0 Å². The Hall–Kier alpha value is -0.570. The molecule has 1 amide bonds. The average molecular weight is 299 g/mol. The van der Waals surface area contributed by atoms with E-state index in [0.717, 1.165) is 6.42 Å². The van der Waals surface area contributed by atoms with Gasteiger partial charge in [0.15, 0.2) is 0 Å². The van der Waals surface area contributed by atoms with Gasteiger partial charge in [0.05, 0.1) is 0 Å². The summed E-state index contributed by atoms with van der Waals surface area (Å²) in [7, 11) is 0. The predicted molar refractivity (Wildman–Crippen MR) is 92.1 cm³/mol. The predicted octanol–water partition coefficient (Wildman–Crippen LogP) is 5.06. The summed E-state index contributed by atoms with van der Waals surface area (Å²) < 4.78 is 0. The Bertz CT molecular complexity index is 252. The van der Waals surface area contributed by atoms with Crippen molar-refractivity contribution in [2.75, 3.05) is 0 Å². The largest absolute Gasteiger partial charge is 0.275 e. The second-order valence-corrected chi connectivity index (χ2v) is 6.72. The van der Waals surface area contributed by atoms with Gasteiger partial charge in [-0.2, -0.15) is 0 Å². The molecule has 0 aromatic rings. The second kappa shape index (κ2) is 13.1. The molecule has 0 unspecified atom stereocenters. The van der Waals surface area contributed by atoms with Crippen molar-refractivity contribution < 1.29 is 4.79 Å². The number of unbranched alkanes of at least 4 members (excludes halogenated alkanes) is 8. The minimum absolute atomic E-state index is 0.221. The van der Waals surface area contributed by atoms with E-state index in [0.29, 0.717) is 12.5 Å². The summed E-state index contributed by atoms with van der Waals surface area (Å²) in [5.74, 6) is 0.238. The minimum Gasteiger partial charge on any atom is -0.275 e. The van der Waals surface area contributed by atoms with E-state index in [9.17, 15) is 4.79 Å². The molecule has 3 heteroatoms. The maximum Gasteiger partial charge on any atom is 0.236 e. The van der Waals surface area contributed by atoms with Gasteiger partial charge >= 0.3 is 0 Å². The number of rotatable bonds is 13. The molecule has 21 heavy (non-hydrogen) atoms. The van der Waals surface area contributed by atoms with Gasteiger partial charge in [-0.3, -0.25) is 9.80 Å². The van der Waals surface area contributed by atoms with E-state index in [2.05, 4.69) is 40.0 Å². The molecule has 0 saturated heterocycles. The molecule has 0 saturated carbocycles. The fourth-order valence-electron chi connectivity index (χ4n) is 2.49. The summed E-state index contributed by atoms with van der Waals surface area (Å²) in [5.41, 5.74) is 3.24. The zero-order valence-electron chi connectivity index (χ0n) is 15.1. The molecule has 0 spiro atoms. The molecule has 0 aromatic carbocycles. The fourth-order valence-corrected chi connectivity index (χ4v) is 2.49. The lowest BCUT2D eigenvalue weighted by Gasteiger charge is -2.29. The van der Waals surface area contributed by atoms with Crippen LogP contribution in [0, 0.1) is 0 Å². The number of carbonyl (C=O) groups excluding carboxylic acids is 1. The first kappa shape index (κ1) is 20.4. The maximum atomic E-state index is 12.2. The van der Waals surface area contributed by atoms with Gasteiger partial charge in [-0.25, -0.2) is 5.43 Å². The Labute approximate surface area is 132 Å². The number of hydrogen-bond donors (Lipinski definition) is 1. The average Bonchev–Trinajstić information content (AvgIpc) is 2.42. The molecule has 0 radical (unpaired) electrons. The topological polar surface area (TPSA) is 32.3 Å². The molecule has 1 N–H and O–H groups in total. The van der Waals surface area contributed by atoms with Crippen molar-refractivity contribution in [1.82, 2.24) is 10.4 Å². The minimum atomic E-state index is 0.221. The number of hydrogen-bond acceptors (Lipinski definition) is 2. The lowest BCUT2D eigenvalue weighted by molar-refractivity contribution is -0.137. The fraction of sp³-hybridized carbons (Fsp3) is 0.944. The Morgan fingerprint density at radius 2 is 1.33 bits per heavy atom. The number of nitrogens with zero attached hydrogens (tertiary/aromatic N) is 1. The van der Waals surface area contributed by atoms with Crippen LogP contribution in [0.15, 0.2) is 0 Å². The molecule has 3 nitrogen and oxygen atoms in total. The highest BCUT2D eigenvalue weighted by Crippen LogP contribution is 2.11. The first-order valence-corrected chi connectivity index (χ1v) is 9.07. The summed E-state index contributed by atoms with van der Waals surface area (Å²) in [6.07, 6.45) is 12.3. The van der Waals surface area contributed by atoms with Crippen LogP contribution in [-0.4, -0.2) is 23.0 Å². The molecule has 0 bridgehead atoms. The van der Waals surface area contributed by atoms with Crippen molar-refractivity contribution in [1.29, 1.82) is 0 Å². The van der Waals surface area contributed by atoms with Gasteiger partial charge < -0.3 is 0 Å². The molecule has 0 aromatic heterocycles. The van der Waals surface area contributed by atoms with E-state index in [1.807, 2.05) is 0 Å². The SMILES string of the molecule is CCCCCCCCCCCC(=O)N(NC(C)C)C(C)C.